The van der Waals surface area contributed by atoms with E-state index in [1.165, 1.54) is 0 Å². The molecule has 0 saturated heterocycles. The Morgan fingerprint density at radius 2 is 1.87 bits per heavy atom. The van der Waals surface area contributed by atoms with Gasteiger partial charge in [0.25, 0.3) is 5.91 Å². The number of amides is 1. The number of hydrogen-bond donors (Lipinski definition) is 1. The Morgan fingerprint density at radius 3 is 2.33 bits per heavy atom. The summed E-state index contributed by atoms with van der Waals surface area (Å²) in [5.41, 5.74) is 0.987. The largest absolute Gasteiger partial charge is 0.346 e. The maximum atomic E-state index is 11.8. The molecule has 0 aliphatic carbocycles. The van der Waals surface area contributed by atoms with Gasteiger partial charge in [-0.3, -0.25) is 4.79 Å². The second-order valence-electron chi connectivity index (χ2n) is 4.65. The van der Waals surface area contributed by atoms with Crippen molar-refractivity contribution in [1.82, 2.24) is 15.3 Å². The van der Waals surface area contributed by atoms with E-state index in [2.05, 4.69) is 15.3 Å². The van der Waals surface area contributed by atoms with Crippen LogP contribution in [0.15, 0.2) is 6.07 Å². The molecule has 0 spiro atoms. The van der Waals surface area contributed by atoms with E-state index < -0.39 is 0 Å². The van der Waals surface area contributed by atoms with Crippen molar-refractivity contribution in [2.24, 2.45) is 0 Å². The number of carbonyl (C=O) groups is 1. The van der Waals surface area contributed by atoms with Gasteiger partial charge in [-0.05, 0) is 40.7 Å². The highest BCUT2D eigenvalue weighted by Gasteiger charge is 2.16. The van der Waals surface area contributed by atoms with Gasteiger partial charge >= 0.3 is 0 Å². The predicted molar refractivity (Wildman–Crippen MR) is 58.7 cm³/mol. The molecule has 0 aliphatic rings. The van der Waals surface area contributed by atoms with Crippen LogP contribution in [0.4, 0.5) is 0 Å². The molecule has 0 fully saturated rings. The van der Waals surface area contributed by atoms with E-state index in [-0.39, 0.29) is 11.4 Å². The van der Waals surface area contributed by atoms with Gasteiger partial charge in [0.05, 0.1) is 0 Å². The van der Waals surface area contributed by atoms with Gasteiger partial charge in [-0.2, -0.15) is 0 Å². The van der Waals surface area contributed by atoms with Crippen LogP contribution in [0.1, 0.15) is 42.8 Å². The SMILES string of the molecule is Cc1cc(C(=O)NC(C)(C)C)nc(C)n1. The van der Waals surface area contributed by atoms with Gasteiger partial charge in [0, 0.05) is 11.2 Å². The predicted octanol–water partition coefficient (Wildman–Crippen LogP) is 1.62. The van der Waals surface area contributed by atoms with Crippen LogP contribution in [-0.2, 0) is 0 Å². The number of carbonyl (C=O) groups excluding carboxylic acids is 1. The Hall–Kier alpha value is -1.45. The molecule has 0 aromatic carbocycles. The van der Waals surface area contributed by atoms with E-state index in [0.29, 0.717) is 11.5 Å². The van der Waals surface area contributed by atoms with Crippen LogP contribution in [0.25, 0.3) is 0 Å². The van der Waals surface area contributed by atoms with Gasteiger partial charge < -0.3 is 5.32 Å². The van der Waals surface area contributed by atoms with Gasteiger partial charge in [-0.1, -0.05) is 0 Å². The minimum absolute atomic E-state index is 0.156. The molecule has 1 rings (SSSR count). The van der Waals surface area contributed by atoms with Crippen LogP contribution < -0.4 is 5.32 Å². The van der Waals surface area contributed by atoms with Crippen LogP contribution in [0.2, 0.25) is 0 Å². The minimum Gasteiger partial charge on any atom is -0.346 e. The fraction of sp³-hybridized carbons (Fsp3) is 0.545. The molecule has 0 radical (unpaired) electrons. The molecule has 1 heterocycles. The number of aryl methyl sites for hydroxylation is 2. The molecule has 1 amide bonds. The number of nitrogens with zero attached hydrogens (tertiary/aromatic N) is 2. The summed E-state index contributed by atoms with van der Waals surface area (Å²) in [4.78, 5) is 20.0. The Labute approximate surface area is 90.1 Å². The van der Waals surface area contributed by atoms with E-state index in [1.807, 2.05) is 27.7 Å². The van der Waals surface area contributed by atoms with Gasteiger partial charge in [0.2, 0.25) is 0 Å². The summed E-state index contributed by atoms with van der Waals surface area (Å²) in [5, 5.41) is 2.86. The highest BCUT2D eigenvalue weighted by atomic mass is 16.2. The maximum Gasteiger partial charge on any atom is 0.270 e. The molecule has 4 nitrogen and oxygen atoms in total. The topological polar surface area (TPSA) is 54.9 Å². The Balaban J connectivity index is 2.92. The van der Waals surface area contributed by atoms with Crippen molar-refractivity contribution in [2.45, 2.75) is 40.2 Å². The summed E-state index contributed by atoms with van der Waals surface area (Å²) < 4.78 is 0. The zero-order valence-electron chi connectivity index (χ0n) is 9.88. The van der Waals surface area contributed by atoms with Crippen molar-refractivity contribution in [3.63, 3.8) is 0 Å². The van der Waals surface area contributed by atoms with Gasteiger partial charge in [-0.25, -0.2) is 9.97 Å². The van der Waals surface area contributed by atoms with Gasteiger partial charge in [-0.15, -0.1) is 0 Å². The van der Waals surface area contributed by atoms with E-state index in [0.717, 1.165) is 5.69 Å². The molecule has 4 heteroatoms. The second kappa shape index (κ2) is 3.96. The fourth-order valence-corrected chi connectivity index (χ4v) is 1.24. The van der Waals surface area contributed by atoms with Crippen LogP contribution in [-0.4, -0.2) is 21.4 Å². The van der Waals surface area contributed by atoms with Crippen molar-refractivity contribution in [3.05, 3.63) is 23.3 Å². The highest BCUT2D eigenvalue weighted by molar-refractivity contribution is 5.92. The van der Waals surface area contributed by atoms with Crippen molar-refractivity contribution in [3.8, 4) is 0 Å². The van der Waals surface area contributed by atoms with Crippen molar-refractivity contribution in [2.75, 3.05) is 0 Å². The van der Waals surface area contributed by atoms with E-state index in [1.54, 1.807) is 13.0 Å². The lowest BCUT2D eigenvalue weighted by molar-refractivity contribution is 0.0914. The summed E-state index contributed by atoms with van der Waals surface area (Å²) in [6.07, 6.45) is 0. The third-order valence-electron chi connectivity index (χ3n) is 1.69. The van der Waals surface area contributed by atoms with Crippen LogP contribution in [0.3, 0.4) is 0 Å². The number of hydrogen-bond acceptors (Lipinski definition) is 3. The van der Waals surface area contributed by atoms with Crippen molar-refractivity contribution in [1.29, 1.82) is 0 Å². The van der Waals surface area contributed by atoms with E-state index in [4.69, 9.17) is 0 Å². The average molecular weight is 207 g/mol. The van der Waals surface area contributed by atoms with Crippen LogP contribution in [0.5, 0.6) is 0 Å². The molecule has 1 aromatic rings. The molecule has 0 unspecified atom stereocenters. The zero-order valence-corrected chi connectivity index (χ0v) is 9.88. The van der Waals surface area contributed by atoms with Gasteiger partial charge in [0.15, 0.2) is 0 Å². The molecular formula is C11H17N3O. The molecule has 82 valence electrons. The van der Waals surface area contributed by atoms with E-state index in [9.17, 15) is 4.79 Å². The molecule has 0 atom stereocenters. The molecule has 0 bridgehead atoms. The lowest BCUT2D eigenvalue weighted by Gasteiger charge is -2.20. The Morgan fingerprint density at radius 1 is 1.27 bits per heavy atom. The monoisotopic (exact) mass is 207 g/mol. The van der Waals surface area contributed by atoms with Crippen molar-refractivity contribution < 1.29 is 4.79 Å². The third-order valence-corrected chi connectivity index (χ3v) is 1.69. The number of aromatic nitrogens is 2. The summed E-state index contributed by atoms with van der Waals surface area (Å²) in [6, 6.07) is 1.69. The highest BCUT2D eigenvalue weighted by Crippen LogP contribution is 2.04. The smallest absolute Gasteiger partial charge is 0.270 e. The zero-order chi connectivity index (χ0) is 11.6. The van der Waals surface area contributed by atoms with Gasteiger partial charge in [0.1, 0.15) is 11.5 Å². The van der Waals surface area contributed by atoms with E-state index >= 15 is 0 Å². The fourth-order valence-electron chi connectivity index (χ4n) is 1.24. The maximum absolute atomic E-state index is 11.8. The quantitative estimate of drug-likeness (QED) is 0.761. The number of nitrogens with one attached hydrogen (secondary N) is 1. The minimum atomic E-state index is -0.246. The summed E-state index contributed by atoms with van der Waals surface area (Å²) in [6.45, 7) is 9.44. The average Bonchev–Trinajstić information content (AvgIpc) is 1.98. The van der Waals surface area contributed by atoms with Crippen molar-refractivity contribution >= 4 is 5.91 Å². The first-order valence-corrected chi connectivity index (χ1v) is 4.93. The lowest BCUT2D eigenvalue weighted by Crippen LogP contribution is -2.41. The van der Waals surface area contributed by atoms with Crippen LogP contribution in [0, 0.1) is 13.8 Å². The first-order valence-electron chi connectivity index (χ1n) is 4.93. The molecule has 0 aliphatic heterocycles. The molecular weight excluding hydrogens is 190 g/mol. The standard InChI is InChI=1S/C11H17N3O/c1-7-6-9(13-8(2)12-7)10(15)14-11(3,4)5/h6H,1-5H3,(H,14,15). The Kier molecular flexibility index (Phi) is 3.07. The summed E-state index contributed by atoms with van der Waals surface area (Å²) >= 11 is 0. The molecule has 1 N–H and O–H groups in total. The summed E-state index contributed by atoms with van der Waals surface area (Å²) in [7, 11) is 0. The molecule has 0 saturated carbocycles. The Bertz CT molecular complexity index is 360. The first-order chi connectivity index (χ1) is 6.78. The summed E-state index contributed by atoms with van der Waals surface area (Å²) in [5.74, 6) is 0.463. The number of rotatable bonds is 1. The molecule has 15 heavy (non-hydrogen) atoms. The van der Waals surface area contributed by atoms with Crippen LogP contribution >= 0.6 is 0 Å². The third kappa shape index (κ3) is 3.65. The first kappa shape index (κ1) is 11.6. The second-order valence-corrected chi connectivity index (χ2v) is 4.65. The molecule has 1 aromatic heterocycles. The lowest BCUT2D eigenvalue weighted by atomic mass is 10.1. The normalized spacial score (nSPS) is 11.3.